The van der Waals surface area contributed by atoms with E-state index < -0.39 is 11.9 Å². The topological polar surface area (TPSA) is 64.6 Å². The van der Waals surface area contributed by atoms with Crippen LogP contribution >= 0.6 is 0 Å². The Balaban J connectivity index is 2.21. The standard InChI is InChI=1S/C22H27NO4/c1-12-9-14(7-8-17(12)26-5)19-18(21(25)27-6)13(2)23-15-10-22(3,4)11-16(24)20(15)19/h7-9,19,23H,10-11H2,1-6H3/t19-/m0/s1. The summed E-state index contributed by atoms with van der Waals surface area (Å²) in [6.07, 6.45) is 1.23. The van der Waals surface area contributed by atoms with E-state index in [0.29, 0.717) is 17.6 Å². The van der Waals surface area contributed by atoms with Crippen LogP contribution in [0, 0.1) is 12.3 Å². The van der Waals surface area contributed by atoms with Gasteiger partial charge in [0.1, 0.15) is 5.75 Å². The first-order valence-electron chi connectivity index (χ1n) is 9.15. The Hall–Kier alpha value is -2.56. The van der Waals surface area contributed by atoms with Crippen molar-refractivity contribution in [2.24, 2.45) is 5.41 Å². The predicted molar refractivity (Wildman–Crippen MR) is 103 cm³/mol. The number of allylic oxidation sites excluding steroid dienone is 3. The molecule has 0 amide bonds. The monoisotopic (exact) mass is 369 g/mol. The molecule has 0 spiro atoms. The van der Waals surface area contributed by atoms with Crippen molar-refractivity contribution in [3.05, 3.63) is 51.9 Å². The van der Waals surface area contributed by atoms with Gasteiger partial charge in [-0.25, -0.2) is 4.79 Å². The molecular weight excluding hydrogens is 342 g/mol. The Morgan fingerprint density at radius 1 is 1.19 bits per heavy atom. The molecule has 1 aliphatic carbocycles. The molecule has 5 heteroatoms. The Morgan fingerprint density at radius 2 is 1.89 bits per heavy atom. The third-order valence-electron chi connectivity index (χ3n) is 5.40. The largest absolute Gasteiger partial charge is 0.496 e. The van der Waals surface area contributed by atoms with Crippen molar-refractivity contribution in [1.82, 2.24) is 5.32 Å². The fourth-order valence-corrected chi connectivity index (χ4v) is 4.23. The highest BCUT2D eigenvalue weighted by Crippen LogP contribution is 2.47. The number of methoxy groups -OCH3 is 2. The fraction of sp³-hybridized carbons (Fsp3) is 0.455. The van der Waals surface area contributed by atoms with Crippen molar-refractivity contribution in [1.29, 1.82) is 0 Å². The number of Topliss-reactive ketones (excluding diaryl/α,β-unsaturated/α-hetero) is 1. The number of esters is 1. The van der Waals surface area contributed by atoms with E-state index in [2.05, 4.69) is 19.2 Å². The molecule has 1 aromatic carbocycles. The third kappa shape index (κ3) is 3.38. The second-order valence-corrected chi connectivity index (χ2v) is 8.15. The average molecular weight is 369 g/mol. The minimum absolute atomic E-state index is 0.0844. The molecule has 1 heterocycles. The van der Waals surface area contributed by atoms with Gasteiger partial charge < -0.3 is 14.8 Å². The molecule has 27 heavy (non-hydrogen) atoms. The maximum Gasteiger partial charge on any atom is 0.336 e. The molecule has 0 saturated carbocycles. The molecule has 2 aliphatic rings. The van der Waals surface area contributed by atoms with Crippen LogP contribution in [0.25, 0.3) is 0 Å². The summed E-state index contributed by atoms with van der Waals surface area (Å²) in [5, 5.41) is 3.32. The molecule has 144 valence electrons. The van der Waals surface area contributed by atoms with E-state index in [1.807, 2.05) is 32.0 Å². The molecule has 0 unspecified atom stereocenters. The van der Waals surface area contributed by atoms with Crippen LogP contribution in [0.4, 0.5) is 0 Å². The van der Waals surface area contributed by atoms with Gasteiger partial charge in [0.05, 0.1) is 19.8 Å². The summed E-state index contributed by atoms with van der Waals surface area (Å²) in [5.74, 6) is 0.0176. The van der Waals surface area contributed by atoms with Crippen LogP contribution in [0.2, 0.25) is 0 Å². The molecule has 1 N–H and O–H groups in total. The average Bonchev–Trinajstić information content (AvgIpc) is 2.58. The zero-order valence-corrected chi connectivity index (χ0v) is 16.9. The van der Waals surface area contributed by atoms with E-state index in [-0.39, 0.29) is 11.2 Å². The van der Waals surface area contributed by atoms with Gasteiger partial charge >= 0.3 is 5.97 Å². The zero-order valence-electron chi connectivity index (χ0n) is 16.9. The highest BCUT2D eigenvalue weighted by molar-refractivity contribution is 6.04. The molecular formula is C22H27NO4. The number of rotatable bonds is 3. The summed E-state index contributed by atoms with van der Waals surface area (Å²) in [5.41, 5.74) is 4.59. The first-order chi connectivity index (χ1) is 12.7. The van der Waals surface area contributed by atoms with Crippen LogP contribution in [0.1, 0.15) is 50.7 Å². The van der Waals surface area contributed by atoms with Crippen LogP contribution in [0.15, 0.2) is 40.7 Å². The summed E-state index contributed by atoms with van der Waals surface area (Å²) >= 11 is 0. The van der Waals surface area contributed by atoms with Gasteiger partial charge in [0, 0.05) is 29.3 Å². The van der Waals surface area contributed by atoms with Crippen molar-refractivity contribution in [3.8, 4) is 5.75 Å². The number of dihydropyridines is 1. The smallest absolute Gasteiger partial charge is 0.336 e. The van der Waals surface area contributed by atoms with Crippen LogP contribution in [-0.2, 0) is 14.3 Å². The lowest BCUT2D eigenvalue weighted by molar-refractivity contribution is -0.136. The van der Waals surface area contributed by atoms with Crippen molar-refractivity contribution in [3.63, 3.8) is 0 Å². The molecule has 0 radical (unpaired) electrons. The number of aryl methyl sites for hydroxylation is 1. The van der Waals surface area contributed by atoms with Crippen molar-refractivity contribution in [2.75, 3.05) is 14.2 Å². The minimum Gasteiger partial charge on any atom is -0.496 e. The maximum absolute atomic E-state index is 13.1. The van der Waals surface area contributed by atoms with Gasteiger partial charge in [-0.1, -0.05) is 26.0 Å². The van der Waals surface area contributed by atoms with Crippen molar-refractivity contribution < 1.29 is 19.1 Å². The minimum atomic E-state index is -0.429. The lowest BCUT2D eigenvalue weighted by atomic mass is 9.68. The van der Waals surface area contributed by atoms with Crippen LogP contribution in [0.5, 0.6) is 5.75 Å². The van der Waals surface area contributed by atoms with E-state index in [9.17, 15) is 9.59 Å². The second-order valence-electron chi connectivity index (χ2n) is 8.15. The molecule has 1 aliphatic heterocycles. The number of ether oxygens (including phenoxy) is 2. The molecule has 0 fully saturated rings. The van der Waals surface area contributed by atoms with Gasteiger partial charge in [-0.2, -0.15) is 0 Å². The Morgan fingerprint density at radius 3 is 2.48 bits per heavy atom. The number of ketones is 1. The lowest BCUT2D eigenvalue weighted by Gasteiger charge is -2.39. The van der Waals surface area contributed by atoms with E-state index in [4.69, 9.17) is 9.47 Å². The van der Waals surface area contributed by atoms with E-state index in [0.717, 1.165) is 34.7 Å². The molecule has 3 rings (SSSR count). The van der Waals surface area contributed by atoms with E-state index in [1.54, 1.807) is 7.11 Å². The van der Waals surface area contributed by atoms with Crippen molar-refractivity contribution >= 4 is 11.8 Å². The summed E-state index contributed by atoms with van der Waals surface area (Å²) in [6, 6.07) is 5.80. The van der Waals surface area contributed by atoms with E-state index >= 15 is 0 Å². The van der Waals surface area contributed by atoms with Crippen LogP contribution in [-0.4, -0.2) is 26.0 Å². The van der Waals surface area contributed by atoms with Gasteiger partial charge in [0.2, 0.25) is 0 Å². The number of carbonyl (C=O) groups excluding carboxylic acids is 2. The zero-order chi connectivity index (χ0) is 19.9. The number of nitrogens with one attached hydrogen (secondary N) is 1. The molecule has 0 aromatic heterocycles. The second kappa shape index (κ2) is 6.87. The first-order valence-corrected chi connectivity index (χ1v) is 9.15. The summed E-state index contributed by atoms with van der Waals surface area (Å²) < 4.78 is 10.4. The third-order valence-corrected chi connectivity index (χ3v) is 5.40. The highest BCUT2D eigenvalue weighted by Gasteiger charge is 2.43. The summed E-state index contributed by atoms with van der Waals surface area (Å²) in [6.45, 7) is 8.01. The normalized spacial score (nSPS) is 21.6. The number of benzene rings is 1. The summed E-state index contributed by atoms with van der Waals surface area (Å²) in [7, 11) is 3.00. The molecule has 0 bridgehead atoms. The number of carbonyl (C=O) groups is 2. The van der Waals surface area contributed by atoms with Gasteiger partial charge in [-0.3, -0.25) is 4.79 Å². The quantitative estimate of drug-likeness (QED) is 0.822. The van der Waals surface area contributed by atoms with Crippen molar-refractivity contribution in [2.45, 2.75) is 46.5 Å². The number of hydrogen-bond acceptors (Lipinski definition) is 5. The molecule has 1 aromatic rings. The first kappa shape index (κ1) is 19.2. The van der Waals surface area contributed by atoms with Gasteiger partial charge in [0.15, 0.2) is 5.78 Å². The molecule has 5 nitrogen and oxygen atoms in total. The van der Waals surface area contributed by atoms with Crippen LogP contribution in [0.3, 0.4) is 0 Å². The molecule has 0 saturated heterocycles. The van der Waals surface area contributed by atoms with Crippen LogP contribution < -0.4 is 10.1 Å². The Kier molecular flexibility index (Phi) is 4.89. The van der Waals surface area contributed by atoms with Gasteiger partial charge in [0.25, 0.3) is 0 Å². The van der Waals surface area contributed by atoms with E-state index in [1.165, 1.54) is 7.11 Å². The fourth-order valence-electron chi connectivity index (χ4n) is 4.23. The predicted octanol–water partition coefficient (Wildman–Crippen LogP) is 3.78. The Labute approximate surface area is 160 Å². The summed E-state index contributed by atoms with van der Waals surface area (Å²) in [4.78, 5) is 25.7. The number of hydrogen-bond donors (Lipinski definition) is 1. The SMILES string of the molecule is COC(=O)C1=C(C)NC2=C(C(=O)CC(C)(C)C2)[C@H]1c1ccc(OC)c(C)c1. The molecule has 1 atom stereocenters. The lowest BCUT2D eigenvalue weighted by Crippen LogP contribution is -2.38. The highest BCUT2D eigenvalue weighted by atomic mass is 16.5. The van der Waals surface area contributed by atoms with Gasteiger partial charge in [-0.05, 0) is 42.9 Å². The Bertz CT molecular complexity index is 876. The van der Waals surface area contributed by atoms with Gasteiger partial charge in [-0.15, -0.1) is 0 Å². The maximum atomic E-state index is 13.1.